The molecular formula is C17H22N2O. The molecule has 2 heterocycles. The van der Waals surface area contributed by atoms with Crippen LogP contribution in [0.1, 0.15) is 30.2 Å². The zero-order chi connectivity index (χ0) is 13.8. The SMILES string of the molecule is OC(c1ccccc1)C1CCN(Cc2ccc[nH]2)CC1. The van der Waals surface area contributed by atoms with Crippen molar-refractivity contribution in [3.05, 3.63) is 59.9 Å². The molecule has 0 saturated carbocycles. The molecule has 2 aromatic rings. The molecule has 1 aromatic carbocycles. The summed E-state index contributed by atoms with van der Waals surface area (Å²) in [7, 11) is 0. The molecule has 1 aliphatic rings. The number of hydrogen-bond acceptors (Lipinski definition) is 2. The number of H-pyrrole nitrogens is 1. The summed E-state index contributed by atoms with van der Waals surface area (Å²) in [6.07, 6.45) is 3.79. The lowest BCUT2D eigenvalue weighted by atomic mass is 9.87. The molecule has 3 nitrogen and oxygen atoms in total. The van der Waals surface area contributed by atoms with Gasteiger partial charge in [-0.15, -0.1) is 0 Å². The average Bonchev–Trinajstić information content (AvgIpc) is 3.01. The lowest BCUT2D eigenvalue weighted by Gasteiger charge is -2.34. The zero-order valence-electron chi connectivity index (χ0n) is 11.7. The Kier molecular flexibility index (Phi) is 4.19. The van der Waals surface area contributed by atoms with Gasteiger partial charge in [-0.05, 0) is 49.5 Å². The molecule has 0 aliphatic carbocycles. The first-order valence-corrected chi connectivity index (χ1v) is 7.40. The largest absolute Gasteiger partial charge is 0.388 e. The number of hydrogen-bond donors (Lipinski definition) is 2. The van der Waals surface area contributed by atoms with Crippen LogP contribution in [0.4, 0.5) is 0 Å². The van der Waals surface area contributed by atoms with Gasteiger partial charge >= 0.3 is 0 Å². The smallest absolute Gasteiger partial charge is 0.0819 e. The second kappa shape index (κ2) is 6.25. The Morgan fingerprint density at radius 3 is 2.50 bits per heavy atom. The summed E-state index contributed by atoms with van der Waals surface area (Å²) in [6, 6.07) is 14.2. The molecule has 1 saturated heterocycles. The van der Waals surface area contributed by atoms with Crippen molar-refractivity contribution in [1.29, 1.82) is 0 Å². The molecule has 3 rings (SSSR count). The normalized spacial score (nSPS) is 19.1. The highest BCUT2D eigenvalue weighted by molar-refractivity contribution is 5.18. The van der Waals surface area contributed by atoms with Crippen LogP contribution in [-0.4, -0.2) is 28.1 Å². The van der Waals surface area contributed by atoms with Gasteiger partial charge in [0, 0.05) is 18.4 Å². The fraction of sp³-hybridized carbons (Fsp3) is 0.412. The molecule has 1 atom stereocenters. The Balaban J connectivity index is 1.53. The molecule has 1 unspecified atom stereocenters. The minimum absolute atomic E-state index is 0.316. The van der Waals surface area contributed by atoms with Gasteiger partial charge in [-0.2, -0.15) is 0 Å². The molecule has 106 valence electrons. The molecule has 20 heavy (non-hydrogen) atoms. The summed E-state index contributed by atoms with van der Waals surface area (Å²) < 4.78 is 0. The van der Waals surface area contributed by atoms with E-state index in [1.54, 1.807) is 0 Å². The Morgan fingerprint density at radius 2 is 1.85 bits per heavy atom. The molecule has 0 spiro atoms. The molecule has 0 radical (unpaired) electrons. The van der Waals surface area contributed by atoms with Crippen LogP contribution in [0.2, 0.25) is 0 Å². The summed E-state index contributed by atoms with van der Waals surface area (Å²) in [5.74, 6) is 0.386. The first kappa shape index (κ1) is 13.4. The van der Waals surface area contributed by atoms with E-state index in [1.807, 2.05) is 42.6 Å². The minimum atomic E-state index is -0.316. The molecule has 3 heteroatoms. The van der Waals surface area contributed by atoms with Gasteiger partial charge in [-0.25, -0.2) is 0 Å². The number of aliphatic hydroxyl groups is 1. The van der Waals surface area contributed by atoms with Crippen LogP contribution in [0, 0.1) is 5.92 Å². The van der Waals surface area contributed by atoms with Crippen molar-refractivity contribution < 1.29 is 5.11 Å². The van der Waals surface area contributed by atoms with Crippen LogP contribution in [0.15, 0.2) is 48.7 Å². The van der Waals surface area contributed by atoms with Crippen molar-refractivity contribution >= 4 is 0 Å². The van der Waals surface area contributed by atoms with E-state index in [9.17, 15) is 5.11 Å². The van der Waals surface area contributed by atoms with Gasteiger partial charge in [0.05, 0.1) is 6.10 Å². The number of rotatable bonds is 4. The third kappa shape index (κ3) is 3.11. The van der Waals surface area contributed by atoms with Crippen LogP contribution in [0.5, 0.6) is 0 Å². The van der Waals surface area contributed by atoms with Crippen molar-refractivity contribution in [3.63, 3.8) is 0 Å². The van der Waals surface area contributed by atoms with Crippen LogP contribution in [-0.2, 0) is 6.54 Å². The Morgan fingerprint density at radius 1 is 1.10 bits per heavy atom. The van der Waals surface area contributed by atoms with E-state index in [2.05, 4.69) is 16.0 Å². The molecular weight excluding hydrogens is 248 g/mol. The van der Waals surface area contributed by atoms with Gasteiger partial charge in [-0.3, -0.25) is 4.90 Å². The maximum Gasteiger partial charge on any atom is 0.0819 e. The fourth-order valence-electron chi connectivity index (χ4n) is 3.06. The van der Waals surface area contributed by atoms with Gasteiger partial charge in [0.25, 0.3) is 0 Å². The van der Waals surface area contributed by atoms with Crippen LogP contribution in [0.3, 0.4) is 0 Å². The van der Waals surface area contributed by atoms with E-state index >= 15 is 0 Å². The van der Waals surface area contributed by atoms with Crippen molar-refractivity contribution in [2.24, 2.45) is 5.92 Å². The lowest BCUT2D eigenvalue weighted by Crippen LogP contribution is -2.35. The van der Waals surface area contributed by atoms with Crippen LogP contribution in [0.25, 0.3) is 0 Å². The summed E-state index contributed by atoms with van der Waals surface area (Å²) in [5, 5.41) is 10.5. The first-order chi connectivity index (χ1) is 9.83. The molecule has 1 aromatic heterocycles. The number of likely N-dealkylation sites (tertiary alicyclic amines) is 1. The molecule has 2 N–H and O–H groups in total. The number of aromatic amines is 1. The van der Waals surface area contributed by atoms with Crippen molar-refractivity contribution in [2.75, 3.05) is 13.1 Å². The van der Waals surface area contributed by atoms with E-state index < -0.39 is 0 Å². The monoisotopic (exact) mass is 270 g/mol. The first-order valence-electron chi connectivity index (χ1n) is 7.40. The number of nitrogens with one attached hydrogen (secondary N) is 1. The van der Waals surface area contributed by atoms with Crippen LogP contribution >= 0.6 is 0 Å². The highest BCUT2D eigenvalue weighted by Gasteiger charge is 2.26. The van der Waals surface area contributed by atoms with E-state index in [0.717, 1.165) is 38.0 Å². The van der Waals surface area contributed by atoms with Crippen molar-refractivity contribution in [2.45, 2.75) is 25.5 Å². The van der Waals surface area contributed by atoms with Gasteiger partial charge in [-0.1, -0.05) is 30.3 Å². The zero-order valence-corrected chi connectivity index (χ0v) is 11.7. The Bertz CT molecular complexity index is 501. The lowest BCUT2D eigenvalue weighted by molar-refractivity contribution is 0.0565. The fourth-order valence-corrected chi connectivity index (χ4v) is 3.06. The maximum atomic E-state index is 10.5. The van der Waals surface area contributed by atoms with Crippen LogP contribution < -0.4 is 0 Å². The van der Waals surface area contributed by atoms with Crippen molar-refractivity contribution in [3.8, 4) is 0 Å². The topological polar surface area (TPSA) is 39.3 Å². The Hall–Kier alpha value is -1.58. The number of nitrogens with zero attached hydrogens (tertiary/aromatic N) is 1. The molecule has 1 aliphatic heterocycles. The van der Waals surface area contributed by atoms with Gasteiger partial charge in [0.1, 0.15) is 0 Å². The second-order valence-corrected chi connectivity index (χ2v) is 5.66. The highest BCUT2D eigenvalue weighted by atomic mass is 16.3. The van der Waals surface area contributed by atoms with Gasteiger partial charge < -0.3 is 10.1 Å². The predicted octanol–water partition coefficient (Wildman–Crippen LogP) is 2.96. The third-order valence-corrected chi connectivity index (χ3v) is 4.28. The summed E-state index contributed by atoms with van der Waals surface area (Å²) in [4.78, 5) is 5.71. The quantitative estimate of drug-likeness (QED) is 0.896. The van der Waals surface area contributed by atoms with E-state index in [4.69, 9.17) is 0 Å². The number of benzene rings is 1. The molecule has 0 bridgehead atoms. The predicted molar refractivity (Wildman–Crippen MR) is 80.2 cm³/mol. The second-order valence-electron chi connectivity index (χ2n) is 5.66. The minimum Gasteiger partial charge on any atom is -0.388 e. The molecule has 1 fully saturated rings. The highest BCUT2D eigenvalue weighted by Crippen LogP contribution is 2.30. The van der Waals surface area contributed by atoms with E-state index in [0.29, 0.717) is 5.92 Å². The number of aliphatic hydroxyl groups excluding tert-OH is 1. The molecule has 0 amide bonds. The number of piperidine rings is 1. The average molecular weight is 270 g/mol. The van der Waals surface area contributed by atoms with Gasteiger partial charge in [0.2, 0.25) is 0 Å². The Labute approximate surface area is 120 Å². The maximum absolute atomic E-state index is 10.5. The van der Waals surface area contributed by atoms with E-state index in [-0.39, 0.29) is 6.10 Å². The van der Waals surface area contributed by atoms with E-state index in [1.165, 1.54) is 5.69 Å². The van der Waals surface area contributed by atoms with Crippen molar-refractivity contribution in [1.82, 2.24) is 9.88 Å². The number of aromatic nitrogens is 1. The summed E-state index contributed by atoms with van der Waals surface area (Å²) >= 11 is 0. The third-order valence-electron chi connectivity index (χ3n) is 4.28. The summed E-state index contributed by atoms with van der Waals surface area (Å²) in [5.41, 5.74) is 2.32. The standard InChI is InChI=1S/C17H22N2O/c20-17(14-5-2-1-3-6-14)15-8-11-19(12-9-15)13-16-7-4-10-18-16/h1-7,10,15,17-18,20H,8-9,11-13H2. The summed E-state index contributed by atoms with van der Waals surface area (Å²) in [6.45, 7) is 3.11. The van der Waals surface area contributed by atoms with Gasteiger partial charge in [0.15, 0.2) is 0 Å².